The van der Waals surface area contributed by atoms with Crippen LogP contribution in [0.5, 0.6) is 0 Å². The van der Waals surface area contributed by atoms with Crippen LogP contribution in [-0.2, 0) is 11.3 Å². The lowest BCUT2D eigenvalue weighted by Crippen LogP contribution is -2.47. The fourth-order valence-electron chi connectivity index (χ4n) is 2.47. The number of halogens is 1. The van der Waals surface area contributed by atoms with Crippen LogP contribution in [0.15, 0.2) is 23.4 Å². The summed E-state index contributed by atoms with van der Waals surface area (Å²) in [7, 11) is 0. The van der Waals surface area contributed by atoms with Gasteiger partial charge in [-0.25, -0.2) is 4.39 Å². The molecule has 0 saturated carbocycles. The summed E-state index contributed by atoms with van der Waals surface area (Å²) in [5, 5.41) is 11.8. The molecule has 0 atom stereocenters. The number of oxime groups is 1. The molecule has 1 aromatic rings. The zero-order chi connectivity index (χ0) is 14.8. The summed E-state index contributed by atoms with van der Waals surface area (Å²) in [5.41, 5.74) is 6.67. The Morgan fingerprint density at radius 2 is 2.30 bits per heavy atom. The molecule has 110 valence electrons. The van der Waals surface area contributed by atoms with Gasteiger partial charge in [-0.05, 0) is 31.5 Å². The van der Waals surface area contributed by atoms with E-state index in [0.29, 0.717) is 18.7 Å². The van der Waals surface area contributed by atoms with Crippen molar-refractivity contribution in [2.45, 2.75) is 26.0 Å². The van der Waals surface area contributed by atoms with Crippen molar-refractivity contribution in [2.75, 3.05) is 19.7 Å². The Hall–Kier alpha value is -1.66. The van der Waals surface area contributed by atoms with Gasteiger partial charge in [-0.3, -0.25) is 4.90 Å². The van der Waals surface area contributed by atoms with Crippen molar-refractivity contribution < 1.29 is 14.3 Å². The highest BCUT2D eigenvalue weighted by atomic mass is 19.1. The Morgan fingerprint density at radius 1 is 1.55 bits per heavy atom. The highest BCUT2D eigenvalue weighted by Crippen LogP contribution is 2.20. The van der Waals surface area contributed by atoms with Crippen LogP contribution in [0, 0.1) is 5.82 Å². The Kier molecular flexibility index (Phi) is 4.25. The zero-order valence-electron chi connectivity index (χ0n) is 11.8. The van der Waals surface area contributed by atoms with E-state index >= 15 is 0 Å². The van der Waals surface area contributed by atoms with Crippen LogP contribution in [0.3, 0.4) is 0 Å². The Labute approximate surface area is 117 Å². The number of ether oxygens (including phenoxy) is 1. The number of hydrogen-bond acceptors (Lipinski definition) is 4. The van der Waals surface area contributed by atoms with E-state index in [1.54, 1.807) is 6.07 Å². The summed E-state index contributed by atoms with van der Waals surface area (Å²) < 4.78 is 19.0. The lowest BCUT2D eigenvalue weighted by molar-refractivity contribution is -0.0882. The molecule has 6 heteroatoms. The SMILES string of the molecule is CC1(C)CN(Cc2ccc(F)cc2C(N)=NO)CCO1. The molecule has 0 radical (unpaired) electrons. The summed E-state index contributed by atoms with van der Waals surface area (Å²) in [5.74, 6) is -0.482. The molecular weight excluding hydrogens is 261 g/mol. The summed E-state index contributed by atoms with van der Waals surface area (Å²) in [6.45, 7) is 6.92. The lowest BCUT2D eigenvalue weighted by Gasteiger charge is -2.38. The average molecular weight is 281 g/mol. The fourth-order valence-corrected chi connectivity index (χ4v) is 2.47. The van der Waals surface area contributed by atoms with Gasteiger partial charge < -0.3 is 15.7 Å². The van der Waals surface area contributed by atoms with Crippen LogP contribution in [0.25, 0.3) is 0 Å². The van der Waals surface area contributed by atoms with Gasteiger partial charge in [0.25, 0.3) is 0 Å². The summed E-state index contributed by atoms with van der Waals surface area (Å²) >= 11 is 0. The van der Waals surface area contributed by atoms with Crippen molar-refractivity contribution in [3.8, 4) is 0 Å². The van der Waals surface area contributed by atoms with Crippen LogP contribution in [-0.4, -0.2) is 41.2 Å². The number of nitrogens with zero attached hydrogens (tertiary/aromatic N) is 2. The van der Waals surface area contributed by atoms with E-state index in [-0.39, 0.29) is 11.4 Å². The van der Waals surface area contributed by atoms with Crippen molar-refractivity contribution in [3.05, 3.63) is 35.1 Å². The second kappa shape index (κ2) is 5.76. The van der Waals surface area contributed by atoms with Crippen LogP contribution < -0.4 is 5.73 Å². The van der Waals surface area contributed by atoms with E-state index in [2.05, 4.69) is 10.1 Å². The van der Waals surface area contributed by atoms with Crippen LogP contribution in [0.4, 0.5) is 4.39 Å². The number of amidine groups is 1. The van der Waals surface area contributed by atoms with Gasteiger partial charge in [0.15, 0.2) is 5.84 Å². The molecule has 1 aromatic carbocycles. The van der Waals surface area contributed by atoms with Gasteiger partial charge in [0.1, 0.15) is 5.82 Å². The Bertz CT molecular complexity index is 517. The van der Waals surface area contributed by atoms with E-state index < -0.39 is 5.82 Å². The predicted molar refractivity (Wildman–Crippen MR) is 74.2 cm³/mol. The first-order valence-electron chi connectivity index (χ1n) is 6.54. The third kappa shape index (κ3) is 3.46. The normalized spacial score (nSPS) is 20.1. The second-order valence-corrected chi connectivity index (χ2v) is 5.61. The predicted octanol–water partition coefficient (Wildman–Crippen LogP) is 1.53. The first kappa shape index (κ1) is 14.7. The number of morpholine rings is 1. The van der Waals surface area contributed by atoms with Gasteiger partial charge in [-0.2, -0.15) is 0 Å². The molecule has 0 amide bonds. The number of rotatable bonds is 3. The van der Waals surface area contributed by atoms with Gasteiger partial charge in [0.05, 0.1) is 12.2 Å². The largest absolute Gasteiger partial charge is 0.409 e. The molecule has 0 unspecified atom stereocenters. The highest BCUT2D eigenvalue weighted by molar-refractivity contribution is 5.98. The first-order chi connectivity index (χ1) is 9.41. The molecule has 1 heterocycles. The summed E-state index contributed by atoms with van der Waals surface area (Å²) in [6, 6.07) is 4.34. The van der Waals surface area contributed by atoms with Crippen molar-refractivity contribution in [3.63, 3.8) is 0 Å². The maximum atomic E-state index is 13.3. The van der Waals surface area contributed by atoms with Crippen LogP contribution in [0.2, 0.25) is 0 Å². The van der Waals surface area contributed by atoms with Gasteiger partial charge in [-0.15, -0.1) is 0 Å². The molecular formula is C14H20FN3O2. The minimum absolute atomic E-state index is 0.0768. The van der Waals surface area contributed by atoms with Crippen molar-refractivity contribution >= 4 is 5.84 Å². The minimum Gasteiger partial charge on any atom is -0.409 e. The fraction of sp³-hybridized carbons (Fsp3) is 0.500. The highest BCUT2D eigenvalue weighted by Gasteiger charge is 2.27. The van der Waals surface area contributed by atoms with Crippen LogP contribution >= 0.6 is 0 Å². The Balaban J connectivity index is 2.21. The summed E-state index contributed by atoms with van der Waals surface area (Å²) in [6.07, 6.45) is 0. The maximum absolute atomic E-state index is 13.3. The van der Waals surface area contributed by atoms with Gasteiger partial charge in [-0.1, -0.05) is 11.2 Å². The van der Waals surface area contributed by atoms with E-state index in [1.165, 1.54) is 12.1 Å². The monoisotopic (exact) mass is 281 g/mol. The van der Waals surface area contributed by atoms with Gasteiger partial charge >= 0.3 is 0 Å². The van der Waals surface area contributed by atoms with Gasteiger partial charge in [0.2, 0.25) is 0 Å². The van der Waals surface area contributed by atoms with E-state index in [0.717, 1.165) is 18.7 Å². The standard InChI is InChI=1S/C14H20FN3O2/c1-14(2)9-18(5-6-20-14)8-10-3-4-11(15)7-12(10)13(16)17-19/h3-4,7,19H,5-6,8-9H2,1-2H3,(H2,16,17). The Morgan fingerprint density at radius 3 is 2.95 bits per heavy atom. The number of benzene rings is 1. The van der Waals surface area contributed by atoms with Crippen molar-refractivity contribution in [1.82, 2.24) is 4.90 Å². The smallest absolute Gasteiger partial charge is 0.170 e. The molecule has 3 N–H and O–H groups in total. The van der Waals surface area contributed by atoms with E-state index in [4.69, 9.17) is 15.7 Å². The van der Waals surface area contributed by atoms with Crippen LogP contribution in [0.1, 0.15) is 25.0 Å². The molecule has 1 fully saturated rings. The summed E-state index contributed by atoms with van der Waals surface area (Å²) in [4.78, 5) is 2.21. The van der Waals surface area contributed by atoms with Crippen molar-refractivity contribution in [2.24, 2.45) is 10.9 Å². The quantitative estimate of drug-likeness (QED) is 0.381. The zero-order valence-corrected chi connectivity index (χ0v) is 11.8. The topological polar surface area (TPSA) is 71.1 Å². The molecule has 20 heavy (non-hydrogen) atoms. The minimum atomic E-state index is -0.405. The first-order valence-corrected chi connectivity index (χ1v) is 6.54. The number of hydrogen-bond donors (Lipinski definition) is 2. The maximum Gasteiger partial charge on any atom is 0.170 e. The van der Waals surface area contributed by atoms with E-state index in [9.17, 15) is 4.39 Å². The van der Waals surface area contributed by atoms with E-state index in [1.807, 2.05) is 13.8 Å². The lowest BCUT2D eigenvalue weighted by atomic mass is 10.0. The third-order valence-electron chi connectivity index (χ3n) is 3.35. The molecule has 1 aliphatic rings. The molecule has 2 rings (SSSR count). The molecule has 0 aliphatic carbocycles. The molecule has 0 aromatic heterocycles. The molecule has 0 spiro atoms. The van der Waals surface area contributed by atoms with Gasteiger partial charge in [0, 0.05) is 25.2 Å². The molecule has 5 nitrogen and oxygen atoms in total. The number of nitrogens with two attached hydrogens (primary N) is 1. The second-order valence-electron chi connectivity index (χ2n) is 5.61. The molecule has 0 bridgehead atoms. The average Bonchev–Trinajstić information content (AvgIpc) is 2.39. The third-order valence-corrected chi connectivity index (χ3v) is 3.35. The molecule has 1 saturated heterocycles. The molecule has 1 aliphatic heterocycles. The van der Waals surface area contributed by atoms with Crippen molar-refractivity contribution in [1.29, 1.82) is 0 Å².